The fraction of sp³-hybridized carbons (Fsp3) is 0.346. The number of aliphatic hydroxyl groups is 3. The summed E-state index contributed by atoms with van der Waals surface area (Å²) in [6.07, 6.45) is 0.469. The van der Waals surface area contributed by atoms with Gasteiger partial charge < -0.3 is 25.8 Å². The molecule has 2 aromatic carbocycles. The van der Waals surface area contributed by atoms with Gasteiger partial charge in [-0.15, -0.1) is 0 Å². The summed E-state index contributed by atoms with van der Waals surface area (Å²) < 4.78 is 5.61. The fourth-order valence-electron chi connectivity index (χ4n) is 6.16. The molecule has 0 fully saturated rings. The van der Waals surface area contributed by atoms with Gasteiger partial charge in [0.25, 0.3) is 5.91 Å². The number of ketones is 2. The Morgan fingerprint density at radius 1 is 1.20 bits per heavy atom. The van der Waals surface area contributed by atoms with Crippen molar-refractivity contribution < 1.29 is 34.4 Å². The van der Waals surface area contributed by atoms with Crippen LogP contribution in [0.3, 0.4) is 0 Å². The lowest BCUT2D eigenvalue weighted by atomic mass is 9.58. The Balaban J connectivity index is 1.76. The van der Waals surface area contributed by atoms with Crippen molar-refractivity contribution in [2.24, 2.45) is 17.6 Å². The number of carbonyl (C=O) groups is 3. The lowest BCUT2D eigenvalue weighted by molar-refractivity contribution is -0.148. The molecule has 0 bridgehead atoms. The van der Waals surface area contributed by atoms with E-state index in [-0.39, 0.29) is 17.6 Å². The minimum atomic E-state index is -2.59. The van der Waals surface area contributed by atoms with Crippen molar-refractivity contribution in [2.45, 2.75) is 24.5 Å². The van der Waals surface area contributed by atoms with E-state index in [4.69, 9.17) is 10.5 Å². The molecule has 0 heterocycles. The molecular formula is C26H26N2O7. The van der Waals surface area contributed by atoms with Gasteiger partial charge in [0, 0.05) is 16.9 Å². The summed E-state index contributed by atoms with van der Waals surface area (Å²) in [7, 11) is 4.69. The summed E-state index contributed by atoms with van der Waals surface area (Å²) >= 11 is 0. The number of carbonyl (C=O) groups excluding carboxylic acids is 3. The van der Waals surface area contributed by atoms with Crippen LogP contribution in [0.1, 0.15) is 22.3 Å². The van der Waals surface area contributed by atoms with Crippen LogP contribution in [0, 0.1) is 11.8 Å². The van der Waals surface area contributed by atoms with E-state index in [1.165, 1.54) is 7.11 Å². The predicted molar refractivity (Wildman–Crippen MR) is 126 cm³/mol. The molecule has 0 radical (unpaired) electrons. The largest absolute Gasteiger partial charge is 0.510 e. The number of nitrogens with zero attached hydrogens (tertiary/aromatic N) is 1. The molecule has 35 heavy (non-hydrogen) atoms. The van der Waals surface area contributed by atoms with Crippen LogP contribution in [-0.4, -0.2) is 70.5 Å². The van der Waals surface area contributed by atoms with Crippen LogP contribution in [0.5, 0.6) is 5.75 Å². The Bertz CT molecular complexity index is 1390. The second-order valence-electron chi connectivity index (χ2n) is 9.63. The molecule has 2 aromatic rings. The monoisotopic (exact) mass is 478 g/mol. The number of nitrogens with two attached hydrogens (primary N) is 1. The third-order valence-corrected chi connectivity index (χ3v) is 7.62. The smallest absolute Gasteiger partial charge is 0.255 e. The number of fused-ring (bicyclic) bond motifs is 4. The highest BCUT2D eigenvalue weighted by Crippen LogP contribution is 2.52. The van der Waals surface area contributed by atoms with E-state index in [0.717, 1.165) is 16.3 Å². The SMILES string of the molecule is COc1c2c(cc3ccccc13)C[C@H]1C[C@H]3[C@H](N(C)C)C(O)=C(C(N)=O)C(=O)[C@@]3(O)C(O)=C1C2=O. The van der Waals surface area contributed by atoms with Gasteiger partial charge in [-0.05, 0) is 43.8 Å². The van der Waals surface area contributed by atoms with Crippen LogP contribution >= 0.6 is 0 Å². The number of Topliss-reactive ketones (excluding diaryl/α,β-unsaturated/α-hetero) is 2. The first-order valence-corrected chi connectivity index (χ1v) is 11.3. The number of rotatable bonds is 3. The van der Waals surface area contributed by atoms with Crippen molar-refractivity contribution in [3.63, 3.8) is 0 Å². The molecule has 182 valence electrons. The zero-order chi connectivity index (χ0) is 25.4. The van der Waals surface area contributed by atoms with Crippen LogP contribution in [0.4, 0.5) is 0 Å². The molecule has 9 nitrogen and oxygen atoms in total. The highest BCUT2D eigenvalue weighted by molar-refractivity contribution is 6.25. The number of likely N-dealkylation sites (N-methyl/N-ethyl adjacent to an activating group) is 1. The number of ether oxygens (including phenoxy) is 1. The van der Waals surface area contributed by atoms with Crippen molar-refractivity contribution in [1.29, 1.82) is 0 Å². The molecule has 9 heteroatoms. The Labute approximate surface area is 201 Å². The van der Waals surface area contributed by atoms with Gasteiger partial charge in [-0.2, -0.15) is 0 Å². The van der Waals surface area contributed by atoms with Crippen molar-refractivity contribution in [3.05, 3.63) is 64.1 Å². The van der Waals surface area contributed by atoms with Crippen LogP contribution in [0.25, 0.3) is 10.8 Å². The highest BCUT2D eigenvalue weighted by atomic mass is 16.5. The van der Waals surface area contributed by atoms with Gasteiger partial charge >= 0.3 is 0 Å². The van der Waals surface area contributed by atoms with E-state index in [1.807, 2.05) is 30.3 Å². The number of methoxy groups -OCH3 is 1. The third-order valence-electron chi connectivity index (χ3n) is 7.62. The molecule has 3 aliphatic carbocycles. The molecule has 4 atom stereocenters. The number of aliphatic hydroxyl groups excluding tert-OH is 2. The quantitative estimate of drug-likeness (QED) is 0.486. The molecule has 0 aromatic heterocycles. The molecule has 0 unspecified atom stereocenters. The molecule has 0 aliphatic heterocycles. The Hall–Kier alpha value is -3.69. The van der Waals surface area contributed by atoms with Crippen LogP contribution in [0.15, 0.2) is 53.0 Å². The molecule has 0 saturated carbocycles. The highest BCUT2D eigenvalue weighted by Gasteiger charge is 2.63. The van der Waals surface area contributed by atoms with Gasteiger partial charge in [0.2, 0.25) is 5.78 Å². The van der Waals surface area contributed by atoms with Gasteiger partial charge in [0.15, 0.2) is 11.4 Å². The summed E-state index contributed by atoms with van der Waals surface area (Å²) in [5, 5.41) is 35.4. The van der Waals surface area contributed by atoms with Gasteiger partial charge in [-0.1, -0.05) is 30.3 Å². The Morgan fingerprint density at radius 3 is 2.51 bits per heavy atom. The molecule has 0 saturated heterocycles. The zero-order valence-electron chi connectivity index (χ0n) is 19.5. The number of hydrogen-bond acceptors (Lipinski definition) is 8. The lowest BCUT2D eigenvalue weighted by Gasteiger charge is -2.50. The Morgan fingerprint density at radius 2 is 1.89 bits per heavy atom. The summed E-state index contributed by atoms with van der Waals surface area (Å²) in [6.45, 7) is 0. The zero-order valence-corrected chi connectivity index (χ0v) is 19.5. The maximum Gasteiger partial charge on any atom is 0.255 e. The first-order chi connectivity index (χ1) is 16.5. The van der Waals surface area contributed by atoms with Crippen molar-refractivity contribution in [1.82, 2.24) is 4.90 Å². The number of primary amides is 1. The molecule has 5 N–H and O–H groups in total. The minimum Gasteiger partial charge on any atom is -0.510 e. The second-order valence-corrected chi connectivity index (χ2v) is 9.63. The maximum atomic E-state index is 13.8. The van der Waals surface area contributed by atoms with E-state index in [0.29, 0.717) is 12.2 Å². The van der Waals surface area contributed by atoms with E-state index in [9.17, 15) is 29.7 Å². The molecular weight excluding hydrogens is 452 g/mol. The third kappa shape index (κ3) is 2.91. The number of amides is 1. The first-order valence-electron chi connectivity index (χ1n) is 11.3. The standard InChI is InChI=1S/C26H26N2O7/c1-28(2)19-15-10-13-9-12-8-11-6-4-5-7-14(11)22(35-3)16(12)20(29)17(13)23(31)26(15,34)24(32)18(21(19)30)25(27)33/h4-8,13,15,19,30-31,34H,9-10H2,1-3H3,(H2,27,33)/t13-,15-,19-,26-/m0/s1. The molecule has 3 aliphatic rings. The van der Waals surface area contributed by atoms with Crippen molar-refractivity contribution in [3.8, 4) is 5.75 Å². The summed E-state index contributed by atoms with van der Waals surface area (Å²) in [5.74, 6) is -5.51. The van der Waals surface area contributed by atoms with E-state index in [1.54, 1.807) is 19.0 Å². The van der Waals surface area contributed by atoms with E-state index >= 15 is 0 Å². The van der Waals surface area contributed by atoms with Crippen molar-refractivity contribution >= 4 is 28.2 Å². The van der Waals surface area contributed by atoms with Crippen molar-refractivity contribution in [2.75, 3.05) is 21.2 Å². The predicted octanol–water partition coefficient (Wildman–Crippen LogP) is 1.58. The summed E-state index contributed by atoms with van der Waals surface area (Å²) in [6, 6.07) is 8.39. The average Bonchev–Trinajstić information content (AvgIpc) is 2.79. The minimum absolute atomic E-state index is 0.0825. The van der Waals surface area contributed by atoms with Gasteiger partial charge in [0.05, 0.1) is 18.7 Å². The van der Waals surface area contributed by atoms with E-state index in [2.05, 4.69) is 0 Å². The normalized spacial score (nSPS) is 28.2. The second kappa shape index (κ2) is 7.66. The van der Waals surface area contributed by atoms with Gasteiger partial charge in [-0.3, -0.25) is 19.3 Å². The summed E-state index contributed by atoms with van der Waals surface area (Å²) in [4.78, 5) is 40.7. The van der Waals surface area contributed by atoms with Gasteiger partial charge in [0.1, 0.15) is 22.8 Å². The molecule has 1 amide bonds. The van der Waals surface area contributed by atoms with Crippen LogP contribution in [0.2, 0.25) is 0 Å². The molecule has 0 spiro atoms. The number of hydrogen-bond donors (Lipinski definition) is 4. The lowest BCUT2D eigenvalue weighted by Crippen LogP contribution is -2.63. The summed E-state index contributed by atoms with van der Waals surface area (Å²) in [5.41, 5.74) is 2.92. The number of allylic oxidation sites excluding steroid dienone is 1. The van der Waals surface area contributed by atoms with Gasteiger partial charge in [-0.25, -0.2) is 0 Å². The van der Waals surface area contributed by atoms with Crippen LogP contribution < -0.4 is 10.5 Å². The maximum absolute atomic E-state index is 13.8. The topological polar surface area (TPSA) is 150 Å². The van der Waals surface area contributed by atoms with Crippen LogP contribution in [-0.2, 0) is 16.0 Å². The Kier molecular flexibility index (Phi) is 5.05. The molecule has 5 rings (SSSR count). The average molecular weight is 479 g/mol. The fourth-order valence-corrected chi connectivity index (χ4v) is 6.16. The van der Waals surface area contributed by atoms with E-state index < -0.39 is 58.0 Å². The first kappa shape index (κ1) is 23.1. The number of benzene rings is 2.